The molecule has 2 N–H and O–H groups in total. The predicted molar refractivity (Wildman–Crippen MR) is 123 cm³/mol. The van der Waals surface area contributed by atoms with Crippen LogP contribution < -0.4 is 10.6 Å². The first-order chi connectivity index (χ1) is 14.0. The molecule has 29 heavy (non-hydrogen) atoms. The maximum absolute atomic E-state index is 4.97. The van der Waals surface area contributed by atoms with E-state index in [2.05, 4.69) is 78.5 Å². The van der Waals surface area contributed by atoms with E-state index in [1.54, 1.807) is 0 Å². The Hall–Kier alpha value is -1.59. The Labute approximate surface area is 178 Å². The molecule has 0 amide bonds. The maximum Gasteiger partial charge on any atom is 0.191 e. The zero-order valence-corrected chi connectivity index (χ0v) is 18.9. The van der Waals surface area contributed by atoms with Crippen molar-refractivity contribution in [3.63, 3.8) is 0 Å². The number of nitrogens with one attached hydrogen (secondary N) is 2. The van der Waals surface area contributed by atoms with Crippen molar-refractivity contribution in [2.45, 2.75) is 52.6 Å². The molecule has 0 radical (unpaired) electrons. The molecular formula is C24H41N5. The van der Waals surface area contributed by atoms with Crippen LogP contribution in [0.3, 0.4) is 0 Å². The molecule has 1 aromatic carbocycles. The summed E-state index contributed by atoms with van der Waals surface area (Å²) in [6.45, 7) is 16.7. The third-order valence-electron chi connectivity index (χ3n) is 6.47. The number of hydrogen-bond acceptors (Lipinski definition) is 3. The molecule has 3 rings (SSSR count). The molecule has 1 aromatic rings. The number of hydrogen-bond donors (Lipinski definition) is 2. The summed E-state index contributed by atoms with van der Waals surface area (Å²) >= 11 is 0. The van der Waals surface area contributed by atoms with Gasteiger partial charge >= 0.3 is 0 Å². The molecule has 2 aliphatic rings. The number of likely N-dealkylation sites (tertiary alicyclic amines) is 2. The molecule has 2 fully saturated rings. The fourth-order valence-electron chi connectivity index (χ4n) is 4.53. The summed E-state index contributed by atoms with van der Waals surface area (Å²) in [6.07, 6.45) is 2.41. The molecule has 2 aliphatic heterocycles. The first kappa shape index (κ1) is 22.1. The van der Waals surface area contributed by atoms with Crippen molar-refractivity contribution < 1.29 is 0 Å². The first-order valence-corrected chi connectivity index (χ1v) is 11.6. The van der Waals surface area contributed by atoms with Crippen molar-refractivity contribution in [1.29, 1.82) is 0 Å². The third-order valence-corrected chi connectivity index (χ3v) is 6.47. The van der Waals surface area contributed by atoms with Crippen LogP contribution in [0.4, 0.5) is 0 Å². The SMILES string of the molecule is CCNC(=NCC1CCN(CCc2ccccc2)C1)NC1CN(C(C)C)CC1C. The summed E-state index contributed by atoms with van der Waals surface area (Å²) < 4.78 is 0. The second-order valence-electron chi connectivity index (χ2n) is 9.19. The van der Waals surface area contributed by atoms with Crippen molar-refractivity contribution in [1.82, 2.24) is 20.4 Å². The molecule has 5 nitrogen and oxygen atoms in total. The Morgan fingerprint density at radius 2 is 1.97 bits per heavy atom. The molecule has 2 heterocycles. The average molecular weight is 400 g/mol. The molecule has 0 spiro atoms. The van der Waals surface area contributed by atoms with Crippen molar-refractivity contribution in [3.8, 4) is 0 Å². The fraction of sp³-hybridized carbons (Fsp3) is 0.708. The van der Waals surface area contributed by atoms with Crippen molar-refractivity contribution in [2.75, 3.05) is 45.8 Å². The monoisotopic (exact) mass is 399 g/mol. The van der Waals surface area contributed by atoms with Crippen LogP contribution in [0, 0.1) is 11.8 Å². The molecule has 0 aromatic heterocycles. The minimum absolute atomic E-state index is 0.487. The second-order valence-corrected chi connectivity index (χ2v) is 9.19. The smallest absolute Gasteiger partial charge is 0.191 e. The Morgan fingerprint density at radius 1 is 1.17 bits per heavy atom. The summed E-state index contributed by atoms with van der Waals surface area (Å²) in [6, 6.07) is 11.9. The highest BCUT2D eigenvalue weighted by atomic mass is 15.3. The molecule has 0 saturated carbocycles. The summed E-state index contributed by atoms with van der Waals surface area (Å²) in [5.41, 5.74) is 1.44. The van der Waals surface area contributed by atoms with Crippen LogP contribution >= 0.6 is 0 Å². The van der Waals surface area contributed by atoms with E-state index in [0.29, 0.717) is 23.9 Å². The normalized spacial score (nSPS) is 26.4. The highest BCUT2D eigenvalue weighted by Gasteiger charge is 2.31. The molecule has 3 atom stereocenters. The number of benzene rings is 1. The molecule has 0 bridgehead atoms. The minimum Gasteiger partial charge on any atom is -0.357 e. The lowest BCUT2D eigenvalue weighted by Gasteiger charge is -2.22. The zero-order chi connectivity index (χ0) is 20.6. The van der Waals surface area contributed by atoms with E-state index in [0.717, 1.165) is 38.6 Å². The lowest BCUT2D eigenvalue weighted by Crippen LogP contribution is -2.47. The molecule has 5 heteroatoms. The number of rotatable bonds is 8. The van der Waals surface area contributed by atoms with Crippen molar-refractivity contribution in [3.05, 3.63) is 35.9 Å². The first-order valence-electron chi connectivity index (χ1n) is 11.6. The molecule has 2 saturated heterocycles. The van der Waals surface area contributed by atoms with E-state index in [-0.39, 0.29) is 0 Å². The Morgan fingerprint density at radius 3 is 2.66 bits per heavy atom. The van der Waals surface area contributed by atoms with Gasteiger partial charge in [0.1, 0.15) is 0 Å². The molecule has 162 valence electrons. The van der Waals surface area contributed by atoms with Crippen LogP contribution in [0.2, 0.25) is 0 Å². The summed E-state index contributed by atoms with van der Waals surface area (Å²) in [5, 5.41) is 7.18. The van der Waals surface area contributed by atoms with Crippen LogP contribution in [0.1, 0.15) is 39.7 Å². The van der Waals surface area contributed by atoms with Crippen LogP contribution in [0.15, 0.2) is 35.3 Å². The van der Waals surface area contributed by atoms with Crippen LogP contribution in [-0.2, 0) is 6.42 Å². The van der Waals surface area contributed by atoms with Gasteiger partial charge in [-0.2, -0.15) is 0 Å². The predicted octanol–water partition coefficient (Wildman–Crippen LogP) is 2.83. The van der Waals surface area contributed by atoms with Crippen molar-refractivity contribution >= 4 is 5.96 Å². The van der Waals surface area contributed by atoms with Gasteiger partial charge in [0.05, 0.1) is 0 Å². The van der Waals surface area contributed by atoms with E-state index in [1.165, 1.54) is 31.6 Å². The number of aliphatic imine (C=N–C) groups is 1. The highest BCUT2D eigenvalue weighted by Crippen LogP contribution is 2.19. The van der Waals surface area contributed by atoms with Gasteiger partial charge in [-0.1, -0.05) is 37.3 Å². The van der Waals surface area contributed by atoms with Gasteiger partial charge in [-0.25, -0.2) is 0 Å². The zero-order valence-electron chi connectivity index (χ0n) is 18.9. The summed E-state index contributed by atoms with van der Waals surface area (Å²) in [4.78, 5) is 10.1. The third kappa shape index (κ3) is 6.71. The van der Waals surface area contributed by atoms with Gasteiger partial charge in [-0.15, -0.1) is 0 Å². The average Bonchev–Trinajstić information content (AvgIpc) is 3.32. The lowest BCUT2D eigenvalue weighted by molar-refractivity contribution is 0.265. The minimum atomic E-state index is 0.487. The lowest BCUT2D eigenvalue weighted by atomic mass is 10.1. The van der Waals surface area contributed by atoms with E-state index in [4.69, 9.17) is 4.99 Å². The number of nitrogens with zero attached hydrogens (tertiary/aromatic N) is 3. The number of guanidine groups is 1. The second kappa shape index (κ2) is 11.0. The van der Waals surface area contributed by atoms with E-state index in [1.807, 2.05) is 0 Å². The van der Waals surface area contributed by atoms with Gasteiger partial charge in [-0.3, -0.25) is 9.89 Å². The van der Waals surface area contributed by atoms with Crippen LogP contribution in [0.25, 0.3) is 0 Å². The standard InChI is InChI=1S/C24H41N5/c1-5-25-24(27-23-18-29(19(2)3)16-20(23)4)26-15-22-12-14-28(17-22)13-11-21-9-7-6-8-10-21/h6-10,19-20,22-23H,5,11-18H2,1-4H3,(H2,25,26,27). The van der Waals surface area contributed by atoms with Gasteiger partial charge in [0.2, 0.25) is 0 Å². The van der Waals surface area contributed by atoms with E-state index < -0.39 is 0 Å². The fourth-order valence-corrected chi connectivity index (χ4v) is 4.53. The Kier molecular flexibility index (Phi) is 8.37. The van der Waals surface area contributed by atoms with Gasteiger partial charge < -0.3 is 15.5 Å². The van der Waals surface area contributed by atoms with Crippen LogP contribution in [-0.4, -0.2) is 73.7 Å². The molecule has 3 unspecified atom stereocenters. The quantitative estimate of drug-likeness (QED) is 0.521. The molecule has 0 aliphatic carbocycles. The maximum atomic E-state index is 4.97. The van der Waals surface area contributed by atoms with Gasteiger partial charge in [-0.05, 0) is 57.6 Å². The Bertz CT molecular complexity index is 629. The van der Waals surface area contributed by atoms with Gasteiger partial charge in [0.25, 0.3) is 0 Å². The highest BCUT2D eigenvalue weighted by molar-refractivity contribution is 5.80. The van der Waals surface area contributed by atoms with E-state index >= 15 is 0 Å². The topological polar surface area (TPSA) is 42.9 Å². The van der Waals surface area contributed by atoms with Crippen LogP contribution in [0.5, 0.6) is 0 Å². The van der Waals surface area contributed by atoms with E-state index in [9.17, 15) is 0 Å². The summed E-state index contributed by atoms with van der Waals surface area (Å²) in [7, 11) is 0. The van der Waals surface area contributed by atoms with Crippen molar-refractivity contribution in [2.24, 2.45) is 16.8 Å². The largest absolute Gasteiger partial charge is 0.357 e. The molecular weight excluding hydrogens is 358 g/mol. The van der Waals surface area contributed by atoms with Gasteiger partial charge in [0, 0.05) is 51.4 Å². The Balaban J connectivity index is 1.45. The summed E-state index contributed by atoms with van der Waals surface area (Å²) in [5.74, 6) is 2.33. The van der Waals surface area contributed by atoms with Gasteiger partial charge in [0.15, 0.2) is 5.96 Å².